The maximum absolute atomic E-state index is 11.2. The number of amides is 1. The van der Waals surface area contributed by atoms with Crippen molar-refractivity contribution < 1.29 is 4.79 Å². The first kappa shape index (κ1) is 9.76. The van der Waals surface area contributed by atoms with Gasteiger partial charge in [0.25, 0.3) is 0 Å². The number of carbonyl (C=O) groups is 1. The van der Waals surface area contributed by atoms with E-state index >= 15 is 0 Å². The van der Waals surface area contributed by atoms with Gasteiger partial charge >= 0.3 is 0 Å². The van der Waals surface area contributed by atoms with Gasteiger partial charge in [-0.3, -0.25) is 4.79 Å². The fourth-order valence-electron chi connectivity index (χ4n) is 1.94. The first-order valence-electron chi connectivity index (χ1n) is 4.96. The second-order valence-electron chi connectivity index (χ2n) is 3.70. The molecule has 2 rings (SSSR count). The summed E-state index contributed by atoms with van der Waals surface area (Å²) in [5.41, 5.74) is 11.7. The van der Waals surface area contributed by atoms with Gasteiger partial charge in [-0.1, -0.05) is 0 Å². The van der Waals surface area contributed by atoms with Gasteiger partial charge in [-0.25, -0.2) is 4.98 Å². The SMILES string of the molecule is NC(=O)C1CCCN1c1ccc(N)nc1. The molecule has 1 saturated heterocycles. The average Bonchev–Trinajstić information content (AvgIpc) is 2.67. The van der Waals surface area contributed by atoms with Gasteiger partial charge in [-0.15, -0.1) is 0 Å². The van der Waals surface area contributed by atoms with Crippen LogP contribution in [0.15, 0.2) is 18.3 Å². The highest BCUT2D eigenvalue weighted by Crippen LogP contribution is 2.24. The number of nitrogens with zero attached hydrogens (tertiary/aromatic N) is 2. The van der Waals surface area contributed by atoms with E-state index in [0.29, 0.717) is 5.82 Å². The monoisotopic (exact) mass is 206 g/mol. The smallest absolute Gasteiger partial charge is 0.240 e. The predicted octanol–water partition coefficient (Wildman–Crippen LogP) is 0.118. The molecule has 1 unspecified atom stereocenters. The summed E-state index contributed by atoms with van der Waals surface area (Å²) in [5, 5.41) is 0. The Morgan fingerprint density at radius 3 is 2.93 bits per heavy atom. The summed E-state index contributed by atoms with van der Waals surface area (Å²) in [7, 11) is 0. The van der Waals surface area contributed by atoms with Crippen LogP contribution >= 0.6 is 0 Å². The van der Waals surface area contributed by atoms with E-state index in [4.69, 9.17) is 11.5 Å². The lowest BCUT2D eigenvalue weighted by molar-refractivity contribution is -0.119. The van der Waals surface area contributed by atoms with Crippen LogP contribution in [0.5, 0.6) is 0 Å². The van der Waals surface area contributed by atoms with Crippen LogP contribution in [0.1, 0.15) is 12.8 Å². The minimum absolute atomic E-state index is 0.199. The Morgan fingerprint density at radius 1 is 1.53 bits per heavy atom. The maximum atomic E-state index is 11.2. The summed E-state index contributed by atoms with van der Waals surface area (Å²) < 4.78 is 0. The Kier molecular flexibility index (Phi) is 2.45. The van der Waals surface area contributed by atoms with E-state index in [9.17, 15) is 4.79 Å². The molecule has 4 N–H and O–H groups in total. The standard InChI is InChI=1S/C10H14N4O/c11-9-4-3-7(6-13-9)14-5-1-2-8(14)10(12)15/h3-4,6,8H,1-2,5H2,(H2,11,13)(H2,12,15). The van der Waals surface area contributed by atoms with Crippen molar-refractivity contribution in [1.82, 2.24) is 4.98 Å². The van der Waals surface area contributed by atoms with Crippen molar-refractivity contribution in [2.45, 2.75) is 18.9 Å². The number of anilines is 2. The first-order valence-corrected chi connectivity index (χ1v) is 4.96. The largest absolute Gasteiger partial charge is 0.384 e. The molecule has 1 atom stereocenters. The fraction of sp³-hybridized carbons (Fsp3) is 0.400. The van der Waals surface area contributed by atoms with E-state index in [1.54, 1.807) is 12.3 Å². The molecule has 0 bridgehead atoms. The van der Waals surface area contributed by atoms with Crippen LogP contribution < -0.4 is 16.4 Å². The Morgan fingerprint density at radius 2 is 2.33 bits per heavy atom. The topological polar surface area (TPSA) is 85.2 Å². The zero-order valence-electron chi connectivity index (χ0n) is 8.39. The Labute approximate surface area is 88.1 Å². The molecule has 5 heteroatoms. The van der Waals surface area contributed by atoms with Crippen molar-refractivity contribution in [3.8, 4) is 0 Å². The number of pyridine rings is 1. The summed E-state index contributed by atoms with van der Waals surface area (Å²) in [4.78, 5) is 17.2. The summed E-state index contributed by atoms with van der Waals surface area (Å²) in [5.74, 6) is 0.206. The van der Waals surface area contributed by atoms with Gasteiger partial charge in [0, 0.05) is 6.54 Å². The van der Waals surface area contributed by atoms with Crippen molar-refractivity contribution in [1.29, 1.82) is 0 Å². The highest BCUT2D eigenvalue weighted by atomic mass is 16.1. The second-order valence-corrected chi connectivity index (χ2v) is 3.70. The number of hydrogen-bond acceptors (Lipinski definition) is 4. The zero-order valence-corrected chi connectivity index (χ0v) is 8.39. The zero-order chi connectivity index (χ0) is 10.8. The molecular formula is C10H14N4O. The summed E-state index contributed by atoms with van der Waals surface area (Å²) >= 11 is 0. The quantitative estimate of drug-likeness (QED) is 0.719. The van der Waals surface area contributed by atoms with E-state index in [1.807, 2.05) is 11.0 Å². The van der Waals surface area contributed by atoms with Crippen LogP contribution in [-0.2, 0) is 4.79 Å². The van der Waals surface area contributed by atoms with Gasteiger partial charge in [-0.05, 0) is 25.0 Å². The molecule has 80 valence electrons. The molecule has 0 radical (unpaired) electrons. The molecule has 0 aromatic carbocycles. The van der Waals surface area contributed by atoms with Crippen molar-refractivity contribution >= 4 is 17.4 Å². The highest BCUT2D eigenvalue weighted by Gasteiger charge is 2.29. The molecule has 0 aliphatic carbocycles. The number of nitrogens with two attached hydrogens (primary N) is 2. The lowest BCUT2D eigenvalue weighted by Gasteiger charge is -2.23. The first-order chi connectivity index (χ1) is 7.18. The number of aromatic nitrogens is 1. The Bertz CT molecular complexity index is 362. The summed E-state index contributed by atoms with van der Waals surface area (Å²) in [6, 6.07) is 3.39. The number of hydrogen-bond donors (Lipinski definition) is 2. The number of rotatable bonds is 2. The molecule has 1 amide bonds. The van der Waals surface area contributed by atoms with E-state index in [2.05, 4.69) is 4.98 Å². The fourth-order valence-corrected chi connectivity index (χ4v) is 1.94. The molecule has 15 heavy (non-hydrogen) atoms. The van der Waals surface area contributed by atoms with Gasteiger partial charge in [0.2, 0.25) is 5.91 Å². The molecule has 1 fully saturated rings. The van der Waals surface area contributed by atoms with E-state index in [0.717, 1.165) is 25.1 Å². The average molecular weight is 206 g/mol. The maximum Gasteiger partial charge on any atom is 0.240 e. The molecule has 1 aromatic heterocycles. The third-order valence-electron chi connectivity index (χ3n) is 2.68. The van der Waals surface area contributed by atoms with E-state index < -0.39 is 0 Å². The van der Waals surface area contributed by atoms with Crippen LogP contribution in [0.4, 0.5) is 11.5 Å². The Balaban J connectivity index is 2.22. The van der Waals surface area contributed by atoms with Crippen molar-refractivity contribution in [2.24, 2.45) is 5.73 Å². The highest BCUT2D eigenvalue weighted by molar-refractivity contribution is 5.84. The third kappa shape index (κ3) is 1.86. The lowest BCUT2D eigenvalue weighted by atomic mass is 10.2. The summed E-state index contributed by atoms with van der Waals surface area (Å²) in [6.45, 7) is 0.846. The predicted molar refractivity (Wildman–Crippen MR) is 58.2 cm³/mol. The second kappa shape index (κ2) is 3.76. The number of nitrogen functional groups attached to an aromatic ring is 1. The molecule has 0 spiro atoms. The van der Waals surface area contributed by atoms with Crippen molar-refractivity contribution in [3.63, 3.8) is 0 Å². The van der Waals surface area contributed by atoms with Crippen LogP contribution in [0.25, 0.3) is 0 Å². The van der Waals surface area contributed by atoms with Gasteiger partial charge in [-0.2, -0.15) is 0 Å². The van der Waals surface area contributed by atoms with Crippen LogP contribution in [0, 0.1) is 0 Å². The lowest BCUT2D eigenvalue weighted by Crippen LogP contribution is -2.40. The molecule has 2 heterocycles. The van der Waals surface area contributed by atoms with Gasteiger partial charge in [0.05, 0.1) is 11.9 Å². The van der Waals surface area contributed by atoms with Crippen LogP contribution in [0.2, 0.25) is 0 Å². The molecule has 1 aliphatic rings. The van der Waals surface area contributed by atoms with E-state index in [1.165, 1.54) is 0 Å². The van der Waals surface area contributed by atoms with Crippen LogP contribution in [-0.4, -0.2) is 23.5 Å². The van der Waals surface area contributed by atoms with Crippen molar-refractivity contribution in [2.75, 3.05) is 17.2 Å². The molecule has 5 nitrogen and oxygen atoms in total. The molecule has 1 aromatic rings. The van der Waals surface area contributed by atoms with Gasteiger partial charge in [0.15, 0.2) is 0 Å². The molecule has 1 aliphatic heterocycles. The number of carbonyl (C=O) groups excluding carboxylic acids is 1. The van der Waals surface area contributed by atoms with Crippen molar-refractivity contribution in [3.05, 3.63) is 18.3 Å². The minimum atomic E-state index is -0.274. The van der Waals surface area contributed by atoms with E-state index in [-0.39, 0.29) is 11.9 Å². The van der Waals surface area contributed by atoms with Gasteiger partial charge < -0.3 is 16.4 Å². The molecular weight excluding hydrogens is 192 g/mol. The normalized spacial score (nSPS) is 20.5. The molecule has 0 saturated carbocycles. The third-order valence-corrected chi connectivity index (χ3v) is 2.68. The van der Waals surface area contributed by atoms with Crippen LogP contribution in [0.3, 0.4) is 0 Å². The summed E-state index contributed by atoms with van der Waals surface area (Å²) in [6.07, 6.45) is 3.48. The Hall–Kier alpha value is -1.78. The van der Waals surface area contributed by atoms with Gasteiger partial charge in [0.1, 0.15) is 11.9 Å². The minimum Gasteiger partial charge on any atom is -0.384 e. The number of primary amides is 1.